The van der Waals surface area contributed by atoms with Crippen LogP contribution in [0.1, 0.15) is 48.0 Å². The Morgan fingerprint density at radius 3 is 2.44 bits per heavy atom. The first-order valence-electron chi connectivity index (χ1n) is 8.77. The highest BCUT2D eigenvalue weighted by Gasteiger charge is 2.17. The maximum Gasteiger partial charge on any atom is 0.338 e. The van der Waals surface area contributed by atoms with Crippen molar-refractivity contribution >= 4 is 18.0 Å². The summed E-state index contributed by atoms with van der Waals surface area (Å²) < 4.78 is 7.16. The first-order chi connectivity index (χ1) is 12.6. The van der Waals surface area contributed by atoms with E-state index in [9.17, 15) is 4.79 Å². The van der Waals surface area contributed by atoms with Gasteiger partial charge >= 0.3 is 5.97 Å². The molecular formula is C20H28N4O3. The number of aryl methyl sites for hydroxylation is 2. The summed E-state index contributed by atoms with van der Waals surface area (Å²) in [6.45, 7) is 7.77. The number of rotatable bonds is 6. The van der Waals surface area contributed by atoms with Crippen LogP contribution in [-0.2, 0) is 23.2 Å². The molecule has 0 fully saturated rings. The second-order valence-corrected chi connectivity index (χ2v) is 7.55. The van der Waals surface area contributed by atoms with Gasteiger partial charge < -0.3 is 14.5 Å². The first-order valence-corrected chi connectivity index (χ1v) is 8.77. The van der Waals surface area contributed by atoms with Crippen LogP contribution in [0.2, 0.25) is 0 Å². The highest BCUT2D eigenvalue weighted by Crippen LogP contribution is 2.19. The summed E-state index contributed by atoms with van der Waals surface area (Å²) in [5.74, 6) is 0.623. The lowest BCUT2D eigenvalue weighted by molar-refractivity contribution is 0.00694. The summed E-state index contributed by atoms with van der Waals surface area (Å²) in [4.78, 5) is 19.4. The molecule has 0 aliphatic carbocycles. The minimum absolute atomic E-state index is 0.307. The molecule has 27 heavy (non-hydrogen) atoms. The third-order valence-electron chi connectivity index (χ3n) is 3.74. The van der Waals surface area contributed by atoms with Gasteiger partial charge in [0.2, 0.25) is 0 Å². The van der Waals surface area contributed by atoms with Crippen LogP contribution in [0.15, 0.2) is 29.4 Å². The molecule has 1 heterocycles. The Labute approximate surface area is 160 Å². The smallest absolute Gasteiger partial charge is 0.338 e. The zero-order valence-corrected chi connectivity index (χ0v) is 17.1. The maximum atomic E-state index is 12.0. The van der Waals surface area contributed by atoms with E-state index < -0.39 is 5.60 Å². The van der Waals surface area contributed by atoms with Gasteiger partial charge in [-0.05, 0) is 45.4 Å². The second kappa shape index (κ2) is 8.24. The molecule has 0 atom stereocenters. The van der Waals surface area contributed by atoms with E-state index in [0.717, 1.165) is 22.6 Å². The zero-order valence-electron chi connectivity index (χ0n) is 17.1. The lowest BCUT2D eigenvalue weighted by Gasteiger charge is -2.19. The van der Waals surface area contributed by atoms with E-state index in [0.29, 0.717) is 12.2 Å². The van der Waals surface area contributed by atoms with Crippen LogP contribution in [0.25, 0.3) is 0 Å². The number of hydrogen-bond donors (Lipinski definition) is 0. The molecule has 7 heteroatoms. The number of oxime groups is 1. The van der Waals surface area contributed by atoms with Crippen LogP contribution in [0.5, 0.6) is 0 Å². The molecule has 1 aromatic carbocycles. The van der Waals surface area contributed by atoms with Crippen LogP contribution in [-0.4, -0.2) is 41.7 Å². The van der Waals surface area contributed by atoms with E-state index >= 15 is 0 Å². The molecule has 0 aliphatic heterocycles. The molecule has 0 amide bonds. The largest absolute Gasteiger partial charge is 0.456 e. The highest BCUT2D eigenvalue weighted by molar-refractivity contribution is 5.89. The standard InChI is InChI=1S/C20H28N4O3/c1-14-17(18(23(5)6)24(7)22-14)12-21-26-13-15-8-10-16(11-9-15)19(25)27-20(2,3)4/h8-12H,13H2,1-7H3/b21-12+. The van der Waals surface area contributed by atoms with Crippen LogP contribution >= 0.6 is 0 Å². The number of anilines is 1. The van der Waals surface area contributed by atoms with Gasteiger partial charge in [0.15, 0.2) is 0 Å². The maximum absolute atomic E-state index is 12.0. The van der Waals surface area contributed by atoms with Gasteiger partial charge in [-0.15, -0.1) is 0 Å². The Bertz CT molecular complexity index is 815. The van der Waals surface area contributed by atoms with Crippen molar-refractivity contribution in [2.24, 2.45) is 12.2 Å². The minimum atomic E-state index is -0.510. The summed E-state index contributed by atoms with van der Waals surface area (Å²) in [6.07, 6.45) is 1.67. The summed E-state index contributed by atoms with van der Waals surface area (Å²) in [7, 11) is 5.81. The molecule has 2 rings (SSSR count). The van der Waals surface area contributed by atoms with Gasteiger partial charge in [-0.3, -0.25) is 4.68 Å². The van der Waals surface area contributed by atoms with Crippen molar-refractivity contribution < 1.29 is 14.4 Å². The molecule has 1 aromatic heterocycles. The average molecular weight is 372 g/mol. The van der Waals surface area contributed by atoms with Crippen LogP contribution < -0.4 is 4.90 Å². The Balaban J connectivity index is 1.96. The van der Waals surface area contributed by atoms with E-state index in [1.165, 1.54) is 0 Å². The van der Waals surface area contributed by atoms with Gasteiger partial charge in [0.1, 0.15) is 18.0 Å². The summed E-state index contributed by atoms with van der Waals surface area (Å²) in [5.41, 5.74) is 2.72. The third-order valence-corrected chi connectivity index (χ3v) is 3.74. The summed E-state index contributed by atoms with van der Waals surface area (Å²) >= 11 is 0. The lowest BCUT2D eigenvalue weighted by Crippen LogP contribution is -2.23. The van der Waals surface area contributed by atoms with Gasteiger partial charge in [-0.25, -0.2) is 4.79 Å². The third kappa shape index (κ3) is 5.57. The summed E-state index contributed by atoms with van der Waals surface area (Å²) in [6, 6.07) is 7.11. The van der Waals surface area contributed by atoms with Crippen molar-refractivity contribution in [2.75, 3.05) is 19.0 Å². The normalized spacial score (nSPS) is 11.7. The van der Waals surface area contributed by atoms with E-state index in [-0.39, 0.29) is 5.97 Å². The molecule has 0 radical (unpaired) electrons. The topological polar surface area (TPSA) is 69.0 Å². The van der Waals surface area contributed by atoms with Crippen LogP contribution in [0.3, 0.4) is 0 Å². The molecule has 0 N–H and O–H groups in total. The zero-order chi connectivity index (χ0) is 20.2. The molecular weight excluding hydrogens is 344 g/mol. The number of aromatic nitrogens is 2. The Morgan fingerprint density at radius 1 is 1.26 bits per heavy atom. The number of carbonyl (C=O) groups excluding carboxylic acids is 1. The molecule has 0 saturated heterocycles. The van der Waals surface area contributed by atoms with Gasteiger partial charge in [0.05, 0.1) is 23.0 Å². The van der Waals surface area contributed by atoms with E-state index in [1.54, 1.807) is 18.3 Å². The molecule has 0 saturated carbocycles. The SMILES string of the molecule is Cc1nn(C)c(N(C)C)c1/C=N/OCc1ccc(C(=O)OC(C)(C)C)cc1. The predicted molar refractivity (Wildman–Crippen MR) is 106 cm³/mol. The fourth-order valence-corrected chi connectivity index (χ4v) is 2.62. The van der Waals surface area contributed by atoms with Gasteiger partial charge in [-0.2, -0.15) is 5.10 Å². The highest BCUT2D eigenvalue weighted by atomic mass is 16.6. The average Bonchev–Trinajstić information content (AvgIpc) is 2.84. The van der Waals surface area contributed by atoms with Crippen molar-refractivity contribution in [1.29, 1.82) is 0 Å². The number of carbonyl (C=O) groups is 1. The molecule has 7 nitrogen and oxygen atoms in total. The van der Waals surface area contributed by atoms with Crippen molar-refractivity contribution in [3.05, 3.63) is 46.6 Å². The van der Waals surface area contributed by atoms with Crippen LogP contribution in [0.4, 0.5) is 5.82 Å². The van der Waals surface area contributed by atoms with Gasteiger partial charge in [0, 0.05) is 21.1 Å². The Morgan fingerprint density at radius 2 is 1.89 bits per heavy atom. The molecule has 0 bridgehead atoms. The molecule has 0 aliphatic rings. The monoisotopic (exact) mass is 372 g/mol. The number of ether oxygens (including phenoxy) is 1. The second-order valence-electron chi connectivity index (χ2n) is 7.55. The molecule has 0 spiro atoms. The van der Waals surface area contributed by atoms with Crippen molar-refractivity contribution in [2.45, 2.75) is 39.9 Å². The van der Waals surface area contributed by atoms with Crippen molar-refractivity contribution in [3.63, 3.8) is 0 Å². The van der Waals surface area contributed by atoms with E-state index in [2.05, 4.69) is 10.3 Å². The van der Waals surface area contributed by atoms with E-state index in [1.807, 2.05) is 70.6 Å². The number of esters is 1. The summed E-state index contributed by atoms with van der Waals surface area (Å²) in [5, 5.41) is 8.47. The van der Waals surface area contributed by atoms with Crippen LogP contribution in [0, 0.1) is 6.92 Å². The Kier molecular flexibility index (Phi) is 6.25. The Hall–Kier alpha value is -2.83. The van der Waals surface area contributed by atoms with Crippen molar-refractivity contribution in [1.82, 2.24) is 9.78 Å². The van der Waals surface area contributed by atoms with Gasteiger partial charge in [-0.1, -0.05) is 17.3 Å². The number of benzene rings is 1. The first kappa shape index (κ1) is 20.5. The quantitative estimate of drug-likeness (QED) is 0.442. The number of nitrogens with zero attached hydrogens (tertiary/aromatic N) is 4. The van der Waals surface area contributed by atoms with Gasteiger partial charge in [0.25, 0.3) is 0 Å². The van der Waals surface area contributed by atoms with Crippen molar-refractivity contribution in [3.8, 4) is 0 Å². The predicted octanol–water partition coefficient (Wildman–Crippen LogP) is 3.30. The molecule has 2 aromatic rings. The fraction of sp³-hybridized carbons (Fsp3) is 0.450. The number of hydrogen-bond acceptors (Lipinski definition) is 6. The minimum Gasteiger partial charge on any atom is -0.456 e. The fourth-order valence-electron chi connectivity index (χ4n) is 2.62. The van der Waals surface area contributed by atoms with E-state index in [4.69, 9.17) is 9.57 Å². The molecule has 0 unspecified atom stereocenters. The lowest BCUT2D eigenvalue weighted by atomic mass is 10.1. The molecule has 146 valence electrons.